The van der Waals surface area contributed by atoms with Crippen molar-refractivity contribution in [2.45, 2.75) is 19.5 Å². The summed E-state index contributed by atoms with van der Waals surface area (Å²) in [6.45, 7) is 1.11. The van der Waals surface area contributed by atoms with E-state index in [9.17, 15) is 4.79 Å². The first-order valence-corrected chi connectivity index (χ1v) is 9.08. The normalized spacial score (nSPS) is 10.4. The average Bonchev–Trinajstić information content (AvgIpc) is 3.25. The maximum Gasteiger partial charge on any atom is 0.224 e. The number of hydrogen-bond donors (Lipinski definition) is 1. The van der Waals surface area contributed by atoms with Crippen LogP contribution in [0.2, 0.25) is 0 Å². The van der Waals surface area contributed by atoms with Crippen LogP contribution in [-0.4, -0.2) is 42.0 Å². The zero-order chi connectivity index (χ0) is 20.6. The molecule has 0 atom stereocenters. The van der Waals surface area contributed by atoms with Crippen molar-refractivity contribution in [1.82, 2.24) is 20.1 Å². The highest BCUT2D eigenvalue weighted by Gasteiger charge is 2.14. The van der Waals surface area contributed by atoms with Crippen LogP contribution in [0.4, 0.5) is 0 Å². The van der Waals surface area contributed by atoms with Crippen LogP contribution >= 0.6 is 0 Å². The molecule has 1 aromatic heterocycles. The molecule has 0 saturated carbocycles. The molecule has 0 radical (unpaired) electrons. The molecule has 0 saturated heterocycles. The van der Waals surface area contributed by atoms with Gasteiger partial charge in [0.15, 0.2) is 11.5 Å². The van der Waals surface area contributed by atoms with Gasteiger partial charge in [-0.2, -0.15) is 5.10 Å². The van der Waals surface area contributed by atoms with Gasteiger partial charge in [-0.1, -0.05) is 24.3 Å². The number of rotatable bonds is 9. The fourth-order valence-corrected chi connectivity index (χ4v) is 2.95. The summed E-state index contributed by atoms with van der Waals surface area (Å²) in [4.78, 5) is 16.3. The molecule has 1 amide bonds. The number of ether oxygens (including phenoxy) is 3. The molecule has 3 aromatic rings. The Morgan fingerprint density at radius 2 is 1.62 bits per heavy atom. The van der Waals surface area contributed by atoms with E-state index in [1.165, 1.54) is 6.33 Å². The summed E-state index contributed by atoms with van der Waals surface area (Å²) in [5, 5.41) is 7.03. The molecule has 8 nitrogen and oxygen atoms in total. The number of carbonyl (C=O) groups excluding carboxylic acids is 1. The number of benzene rings is 2. The van der Waals surface area contributed by atoms with Crippen molar-refractivity contribution in [2.75, 3.05) is 21.3 Å². The molecular formula is C21H24N4O4. The van der Waals surface area contributed by atoms with E-state index in [1.807, 2.05) is 24.3 Å². The number of aromatic nitrogens is 3. The zero-order valence-corrected chi connectivity index (χ0v) is 16.7. The first kappa shape index (κ1) is 20.2. The number of hydrogen-bond acceptors (Lipinski definition) is 6. The van der Waals surface area contributed by atoms with Gasteiger partial charge < -0.3 is 19.5 Å². The van der Waals surface area contributed by atoms with Gasteiger partial charge >= 0.3 is 0 Å². The summed E-state index contributed by atoms with van der Waals surface area (Å²) in [7, 11) is 4.64. The minimum absolute atomic E-state index is 0.0917. The van der Waals surface area contributed by atoms with Crippen LogP contribution in [0.1, 0.15) is 16.7 Å². The molecule has 8 heteroatoms. The fraction of sp³-hybridized carbons (Fsp3) is 0.286. The van der Waals surface area contributed by atoms with Crippen LogP contribution in [0.25, 0.3) is 0 Å². The lowest BCUT2D eigenvalue weighted by atomic mass is 10.1. The van der Waals surface area contributed by atoms with E-state index in [-0.39, 0.29) is 12.3 Å². The van der Waals surface area contributed by atoms with E-state index in [2.05, 4.69) is 15.4 Å². The summed E-state index contributed by atoms with van der Waals surface area (Å²) in [6, 6.07) is 11.6. The second-order valence-electron chi connectivity index (χ2n) is 6.40. The minimum atomic E-state index is -0.0917. The van der Waals surface area contributed by atoms with E-state index in [0.29, 0.717) is 30.3 Å². The average molecular weight is 396 g/mol. The van der Waals surface area contributed by atoms with Crippen LogP contribution < -0.4 is 19.5 Å². The van der Waals surface area contributed by atoms with Crippen LogP contribution in [0.15, 0.2) is 49.1 Å². The molecular weight excluding hydrogens is 372 g/mol. The molecule has 3 rings (SSSR count). The van der Waals surface area contributed by atoms with Gasteiger partial charge in [0.1, 0.15) is 12.7 Å². The number of carbonyl (C=O) groups is 1. The summed E-state index contributed by atoms with van der Waals surface area (Å²) >= 11 is 0. The summed E-state index contributed by atoms with van der Waals surface area (Å²) in [5.41, 5.74) is 2.91. The molecule has 2 aromatic carbocycles. The van der Waals surface area contributed by atoms with Crippen LogP contribution in [0.5, 0.6) is 17.2 Å². The predicted octanol–water partition coefficient (Wildman–Crippen LogP) is 2.21. The van der Waals surface area contributed by atoms with E-state index < -0.39 is 0 Å². The molecule has 0 aliphatic heterocycles. The van der Waals surface area contributed by atoms with Crippen molar-refractivity contribution in [3.05, 3.63) is 65.7 Å². The van der Waals surface area contributed by atoms with Gasteiger partial charge in [-0.25, -0.2) is 9.67 Å². The van der Waals surface area contributed by atoms with Crippen molar-refractivity contribution >= 4 is 5.91 Å². The third-order valence-corrected chi connectivity index (χ3v) is 4.41. The molecule has 0 unspecified atom stereocenters. The Hall–Kier alpha value is -3.55. The monoisotopic (exact) mass is 396 g/mol. The quantitative estimate of drug-likeness (QED) is 0.597. The third kappa shape index (κ3) is 5.25. The van der Waals surface area contributed by atoms with E-state index in [1.54, 1.807) is 44.5 Å². The Morgan fingerprint density at radius 1 is 0.966 bits per heavy atom. The Bertz CT molecular complexity index is 915. The van der Waals surface area contributed by atoms with E-state index in [0.717, 1.165) is 16.7 Å². The van der Waals surface area contributed by atoms with Crippen molar-refractivity contribution in [2.24, 2.45) is 0 Å². The van der Waals surface area contributed by atoms with Crippen molar-refractivity contribution in [3.8, 4) is 17.2 Å². The van der Waals surface area contributed by atoms with Gasteiger partial charge in [-0.15, -0.1) is 0 Å². The maximum absolute atomic E-state index is 12.4. The second-order valence-corrected chi connectivity index (χ2v) is 6.40. The van der Waals surface area contributed by atoms with Crippen molar-refractivity contribution in [1.29, 1.82) is 0 Å². The lowest BCUT2D eigenvalue weighted by molar-refractivity contribution is -0.120. The topological polar surface area (TPSA) is 87.5 Å². The van der Waals surface area contributed by atoms with Gasteiger partial charge in [0.2, 0.25) is 11.7 Å². The fourth-order valence-electron chi connectivity index (χ4n) is 2.95. The Morgan fingerprint density at radius 3 is 2.17 bits per heavy atom. The molecule has 0 fully saturated rings. The highest BCUT2D eigenvalue weighted by atomic mass is 16.5. The van der Waals surface area contributed by atoms with E-state index in [4.69, 9.17) is 14.2 Å². The first-order valence-electron chi connectivity index (χ1n) is 9.08. The Kier molecular flexibility index (Phi) is 6.67. The summed E-state index contributed by atoms with van der Waals surface area (Å²) < 4.78 is 17.7. The lowest BCUT2D eigenvalue weighted by Gasteiger charge is -2.14. The van der Waals surface area contributed by atoms with Gasteiger partial charge in [0.25, 0.3) is 0 Å². The Labute approximate surface area is 169 Å². The lowest BCUT2D eigenvalue weighted by Crippen LogP contribution is -2.24. The number of methoxy groups -OCH3 is 3. The first-order chi connectivity index (χ1) is 14.1. The molecule has 0 spiro atoms. The third-order valence-electron chi connectivity index (χ3n) is 4.41. The molecule has 1 N–H and O–H groups in total. The Balaban J connectivity index is 1.57. The van der Waals surface area contributed by atoms with Crippen molar-refractivity contribution in [3.63, 3.8) is 0 Å². The van der Waals surface area contributed by atoms with Crippen LogP contribution in [-0.2, 0) is 24.3 Å². The second kappa shape index (κ2) is 9.59. The number of nitrogens with one attached hydrogen (secondary N) is 1. The standard InChI is InChI=1S/C21H24N4O4/c1-27-18-8-17(9-19(28-2)21(18)29-3)10-20(26)23-11-15-4-6-16(7-5-15)12-25-14-22-13-24-25/h4-9,13-14H,10-12H2,1-3H3,(H,23,26). The highest BCUT2D eigenvalue weighted by Crippen LogP contribution is 2.38. The summed E-state index contributed by atoms with van der Waals surface area (Å²) in [6.07, 6.45) is 3.40. The van der Waals surface area contributed by atoms with E-state index >= 15 is 0 Å². The maximum atomic E-state index is 12.4. The SMILES string of the molecule is COc1cc(CC(=O)NCc2ccc(Cn3cncn3)cc2)cc(OC)c1OC. The largest absolute Gasteiger partial charge is 0.493 e. The van der Waals surface area contributed by atoms with Gasteiger partial charge in [-0.05, 0) is 28.8 Å². The molecule has 0 aliphatic carbocycles. The molecule has 0 bridgehead atoms. The van der Waals surface area contributed by atoms with Gasteiger partial charge in [0, 0.05) is 6.54 Å². The molecule has 29 heavy (non-hydrogen) atoms. The van der Waals surface area contributed by atoms with Crippen molar-refractivity contribution < 1.29 is 19.0 Å². The minimum Gasteiger partial charge on any atom is -0.493 e. The number of nitrogens with zero attached hydrogens (tertiary/aromatic N) is 3. The van der Waals surface area contributed by atoms with Crippen LogP contribution in [0, 0.1) is 0 Å². The summed E-state index contributed by atoms with van der Waals surface area (Å²) in [5.74, 6) is 1.46. The van der Waals surface area contributed by atoms with Gasteiger partial charge in [-0.3, -0.25) is 4.79 Å². The molecule has 0 aliphatic rings. The van der Waals surface area contributed by atoms with Gasteiger partial charge in [0.05, 0.1) is 34.3 Å². The molecule has 1 heterocycles. The highest BCUT2D eigenvalue weighted by molar-refractivity contribution is 5.79. The van der Waals surface area contributed by atoms with Crippen LogP contribution in [0.3, 0.4) is 0 Å². The smallest absolute Gasteiger partial charge is 0.224 e. The predicted molar refractivity (Wildman–Crippen MR) is 107 cm³/mol. The molecule has 152 valence electrons. The number of amides is 1. The zero-order valence-electron chi connectivity index (χ0n) is 16.7.